The van der Waals surface area contributed by atoms with E-state index in [-0.39, 0.29) is 12.2 Å². The molecule has 0 radical (unpaired) electrons. The average molecular weight is 745 g/mol. The van der Waals surface area contributed by atoms with Gasteiger partial charge in [0.05, 0.1) is 26.4 Å². The largest absolute Gasteiger partial charge is 0.497 e. The van der Waals surface area contributed by atoms with Crippen LogP contribution in [0.3, 0.4) is 0 Å². The van der Waals surface area contributed by atoms with Crippen molar-refractivity contribution in [3.63, 3.8) is 0 Å². The van der Waals surface area contributed by atoms with E-state index in [2.05, 4.69) is 113 Å². The highest BCUT2D eigenvalue weighted by Gasteiger charge is 2.42. The van der Waals surface area contributed by atoms with E-state index in [1.807, 2.05) is 60.7 Å². The SMILES string of the molecule is CCC(C)Oc1cc(OC)ccc1C1(c2ccccc2)C=Cc2c(ccc3ccc4c(c23)C=CC(c2ccccc2)(c2ccc(OC)cc2OC(C)CC)O4)O1. The van der Waals surface area contributed by atoms with Crippen LogP contribution in [0.2, 0.25) is 0 Å². The summed E-state index contributed by atoms with van der Waals surface area (Å²) in [6.07, 6.45) is 10.4. The van der Waals surface area contributed by atoms with E-state index in [1.54, 1.807) is 14.2 Å². The molecule has 0 N–H and O–H groups in total. The third kappa shape index (κ3) is 6.43. The van der Waals surface area contributed by atoms with Gasteiger partial charge in [-0.05, 0) is 92.8 Å². The number of fused-ring (bicyclic) bond motifs is 5. The van der Waals surface area contributed by atoms with Gasteiger partial charge in [0.25, 0.3) is 0 Å². The summed E-state index contributed by atoms with van der Waals surface area (Å²) in [5.41, 5.74) is 3.79. The van der Waals surface area contributed by atoms with Gasteiger partial charge in [0.2, 0.25) is 0 Å². The van der Waals surface area contributed by atoms with Crippen LogP contribution in [-0.2, 0) is 11.2 Å². The van der Waals surface area contributed by atoms with Crippen LogP contribution in [0, 0.1) is 0 Å². The van der Waals surface area contributed by atoms with Crippen LogP contribution in [0.25, 0.3) is 22.9 Å². The molecule has 0 spiro atoms. The first kappa shape index (κ1) is 36.8. The first-order valence-electron chi connectivity index (χ1n) is 19.5. The lowest BCUT2D eigenvalue weighted by Gasteiger charge is -2.39. The maximum Gasteiger partial charge on any atom is 0.181 e. The summed E-state index contributed by atoms with van der Waals surface area (Å²) >= 11 is 0. The minimum Gasteiger partial charge on any atom is -0.497 e. The minimum atomic E-state index is -0.971. The van der Waals surface area contributed by atoms with Crippen molar-refractivity contribution in [2.75, 3.05) is 14.2 Å². The fourth-order valence-electron chi connectivity index (χ4n) is 7.71. The predicted octanol–water partition coefficient (Wildman–Crippen LogP) is 11.9. The van der Waals surface area contributed by atoms with Crippen LogP contribution in [0.4, 0.5) is 0 Å². The topological polar surface area (TPSA) is 55.4 Å². The first-order valence-corrected chi connectivity index (χ1v) is 19.5. The van der Waals surface area contributed by atoms with Gasteiger partial charge in [-0.25, -0.2) is 0 Å². The van der Waals surface area contributed by atoms with Crippen LogP contribution < -0.4 is 28.4 Å². The van der Waals surface area contributed by atoms with Crippen molar-refractivity contribution in [2.45, 2.75) is 63.9 Å². The van der Waals surface area contributed by atoms with E-state index < -0.39 is 11.2 Å². The van der Waals surface area contributed by atoms with E-state index >= 15 is 0 Å². The second-order valence-electron chi connectivity index (χ2n) is 14.5. The van der Waals surface area contributed by atoms with E-state index in [9.17, 15) is 0 Å². The molecule has 0 aliphatic carbocycles. The Hall–Kier alpha value is -6.14. The Morgan fingerprint density at radius 3 is 1.36 bits per heavy atom. The quantitative estimate of drug-likeness (QED) is 0.124. The van der Waals surface area contributed by atoms with Crippen molar-refractivity contribution in [1.82, 2.24) is 0 Å². The molecule has 0 saturated carbocycles. The minimum absolute atomic E-state index is 0.00519. The summed E-state index contributed by atoms with van der Waals surface area (Å²) in [6.45, 7) is 8.40. The second-order valence-corrected chi connectivity index (χ2v) is 14.5. The molecule has 284 valence electrons. The fraction of sp³-hybridized carbons (Fsp3) is 0.240. The summed E-state index contributed by atoms with van der Waals surface area (Å²) in [4.78, 5) is 0. The van der Waals surface area contributed by atoms with Gasteiger partial charge in [0.1, 0.15) is 34.5 Å². The number of methoxy groups -OCH3 is 2. The molecule has 0 saturated heterocycles. The van der Waals surface area contributed by atoms with Crippen molar-refractivity contribution in [1.29, 1.82) is 0 Å². The van der Waals surface area contributed by atoms with Crippen LogP contribution in [0.5, 0.6) is 34.5 Å². The van der Waals surface area contributed by atoms with E-state index in [4.69, 9.17) is 28.4 Å². The lowest BCUT2D eigenvalue weighted by Crippen LogP contribution is -2.35. The summed E-state index contributed by atoms with van der Waals surface area (Å²) in [6, 6.07) is 41.0. The number of hydrogen-bond acceptors (Lipinski definition) is 6. The van der Waals surface area contributed by atoms with Crippen molar-refractivity contribution in [3.05, 3.63) is 167 Å². The van der Waals surface area contributed by atoms with Gasteiger partial charge in [0, 0.05) is 50.9 Å². The zero-order valence-corrected chi connectivity index (χ0v) is 32.9. The third-order valence-electron chi connectivity index (χ3n) is 11.1. The number of hydrogen-bond donors (Lipinski definition) is 0. The molecule has 0 bridgehead atoms. The van der Waals surface area contributed by atoms with Crippen molar-refractivity contribution in [2.24, 2.45) is 0 Å². The molecule has 4 unspecified atom stereocenters. The van der Waals surface area contributed by atoms with Gasteiger partial charge < -0.3 is 28.4 Å². The highest BCUT2D eigenvalue weighted by molar-refractivity contribution is 6.02. The standard InChI is InChI=1S/C50H48O6/c1-7-33(3)53-46-31-38(51-5)21-23-42(46)49(36-15-11-9-12-16-36)29-27-40-44(55-49)25-19-35-20-26-45-41(48(35)40)28-30-50(56-45,37-17-13-10-14-18-37)43-24-22-39(52-6)32-47(43)54-34(4)8-2/h9-34H,7-8H2,1-6H3. The molecule has 2 aliphatic heterocycles. The molecule has 2 heterocycles. The average Bonchev–Trinajstić information content (AvgIpc) is 3.26. The zero-order valence-electron chi connectivity index (χ0n) is 32.9. The smallest absolute Gasteiger partial charge is 0.181 e. The highest BCUT2D eigenvalue weighted by Crippen LogP contribution is 2.52. The molecule has 56 heavy (non-hydrogen) atoms. The maximum atomic E-state index is 7.28. The van der Waals surface area contributed by atoms with Gasteiger partial charge in [0.15, 0.2) is 11.2 Å². The molecular weight excluding hydrogens is 697 g/mol. The van der Waals surface area contributed by atoms with Crippen molar-refractivity contribution in [3.8, 4) is 34.5 Å². The maximum absolute atomic E-state index is 7.28. The summed E-state index contributed by atoms with van der Waals surface area (Å²) in [7, 11) is 3.35. The predicted molar refractivity (Wildman–Crippen MR) is 224 cm³/mol. The second kappa shape index (κ2) is 15.2. The van der Waals surface area contributed by atoms with Crippen LogP contribution in [0.1, 0.15) is 73.9 Å². The van der Waals surface area contributed by atoms with Crippen molar-refractivity contribution < 1.29 is 28.4 Å². The van der Waals surface area contributed by atoms with Gasteiger partial charge in [-0.1, -0.05) is 86.6 Å². The lowest BCUT2D eigenvalue weighted by molar-refractivity contribution is 0.147. The van der Waals surface area contributed by atoms with Gasteiger partial charge in [-0.15, -0.1) is 0 Å². The lowest BCUT2D eigenvalue weighted by atomic mass is 9.81. The van der Waals surface area contributed by atoms with Crippen LogP contribution in [-0.4, -0.2) is 26.4 Å². The molecule has 0 aromatic heterocycles. The Morgan fingerprint density at radius 1 is 0.536 bits per heavy atom. The van der Waals surface area contributed by atoms with E-state index in [0.29, 0.717) is 0 Å². The summed E-state index contributed by atoms with van der Waals surface area (Å²) in [5.74, 6) is 4.40. The number of ether oxygens (including phenoxy) is 6. The number of rotatable bonds is 12. The molecule has 4 atom stereocenters. The monoisotopic (exact) mass is 744 g/mol. The Kier molecular flexibility index (Phi) is 9.98. The molecule has 6 aromatic rings. The Labute approximate surface area is 329 Å². The first-order chi connectivity index (χ1) is 27.3. The Bertz CT molecular complexity index is 2250. The summed E-state index contributed by atoms with van der Waals surface area (Å²) in [5, 5.41) is 2.13. The fourth-order valence-corrected chi connectivity index (χ4v) is 7.71. The third-order valence-corrected chi connectivity index (χ3v) is 11.1. The Morgan fingerprint density at radius 2 is 0.964 bits per heavy atom. The van der Waals surface area contributed by atoms with Crippen LogP contribution >= 0.6 is 0 Å². The van der Waals surface area contributed by atoms with Gasteiger partial charge in [-0.2, -0.15) is 0 Å². The molecule has 8 rings (SSSR count). The number of benzene rings is 6. The summed E-state index contributed by atoms with van der Waals surface area (Å²) < 4.78 is 39.0. The molecule has 6 nitrogen and oxygen atoms in total. The molecule has 0 fully saturated rings. The molecule has 0 amide bonds. The zero-order chi connectivity index (χ0) is 38.9. The Balaban J connectivity index is 1.29. The van der Waals surface area contributed by atoms with Crippen LogP contribution in [0.15, 0.2) is 133 Å². The molecule has 2 aliphatic rings. The molecule has 6 aromatic carbocycles. The highest BCUT2D eigenvalue weighted by atomic mass is 16.5. The molecular formula is C50H48O6. The van der Waals surface area contributed by atoms with Gasteiger partial charge >= 0.3 is 0 Å². The van der Waals surface area contributed by atoms with E-state index in [1.165, 1.54) is 0 Å². The van der Waals surface area contributed by atoms with Crippen molar-refractivity contribution >= 4 is 22.9 Å². The van der Waals surface area contributed by atoms with Gasteiger partial charge in [-0.3, -0.25) is 0 Å². The molecule has 6 heteroatoms. The van der Waals surface area contributed by atoms with E-state index in [0.717, 1.165) is 91.5 Å². The normalized spacial score (nSPS) is 19.2.